The molecule has 0 fully saturated rings. The van der Waals surface area contributed by atoms with Crippen LogP contribution in [-0.2, 0) is 4.79 Å². The summed E-state index contributed by atoms with van der Waals surface area (Å²) in [6, 6.07) is 5.24. The summed E-state index contributed by atoms with van der Waals surface area (Å²) in [6.45, 7) is -0.510. The lowest BCUT2D eigenvalue weighted by atomic mass is 10.1. The standard InChI is InChI=1S/C14H11F4NO/c1-2-7-19(13(20)14(16,17)18)12-8-11(15)9-5-3-4-6-10(9)12/h1,3-6,11-12H,7-8H2/t11-,12-/m1/s1. The molecule has 20 heavy (non-hydrogen) atoms. The third-order valence-corrected chi connectivity index (χ3v) is 3.26. The lowest BCUT2D eigenvalue weighted by molar-refractivity contribution is -0.187. The zero-order chi connectivity index (χ0) is 14.9. The summed E-state index contributed by atoms with van der Waals surface area (Å²) < 4.78 is 51.6. The average molecular weight is 285 g/mol. The summed E-state index contributed by atoms with van der Waals surface area (Å²) in [5, 5.41) is 0. The molecule has 0 radical (unpaired) electrons. The van der Waals surface area contributed by atoms with Gasteiger partial charge in [-0.25, -0.2) is 4.39 Å². The highest BCUT2D eigenvalue weighted by Crippen LogP contribution is 2.44. The highest BCUT2D eigenvalue weighted by atomic mass is 19.4. The second kappa shape index (κ2) is 5.16. The lowest BCUT2D eigenvalue weighted by Crippen LogP contribution is -2.43. The van der Waals surface area contributed by atoms with Crippen LogP contribution in [0.5, 0.6) is 0 Å². The number of hydrogen-bond acceptors (Lipinski definition) is 1. The average Bonchev–Trinajstić information content (AvgIpc) is 2.72. The van der Waals surface area contributed by atoms with Crippen LogP contribution in [0.15, 0.2) is 24.3 Å². The van der Waals surface area contributed by atoms with Gasteiger partial charge in [0, 0.05) is 6.42 Å². The van der Waals surface area contributed by atoms with E-state index in [1.807, 2.05) is 5.92 Å². The third-order valence-electron chi connectivity index (χ3n) is 3.26. The van der Waals surface area contributed by atoms with Crippen LogP contribution in [0.4, 0.5) is 17.6 Å². The van der Waals surface area contributed by atoms with E-state index < -0.39 is 30.8 Å². The van der Waals surface area contributed by atoms with Gasteiger partial charge in [0.1, 0.15) is 6.17 Å². The van der Waals surface area contributed by atoms with E-state index in [1.165, 1.54) is 12.1 Å². The second-order valence-electron chi connectivity index (χ2n) is 4.48. The van der Waals surface area contributed by atoms with Crippen LogP contribution >= 0.6 is 0 Å². The summed E-state index contributed by atoms with van der Waals surface area (Å²) in [4.78, 5) is 12.0. The molecule has 0 bridgehead atoms. The Labute approximate surface area is 113 Å². The van der Waals surface area contributed by atoms with Crippen LogP contribution in [0.25, 0.3) is 0 Å². The first kappa shape index (κ1) is 14.4. The minimum Gasteiger partial charge on any atom is -0.317 e. The van der Waals surface area contributed by atoms with Crippen LogP contribution in [-0.4, -0.2) is 23.5 Å². The normalized spacial score (nSPS) is 21.1. The van der Waals surface area contributed by atoms with Crippen molar-refractivity contribution >= 4 is 5.91 Å². The first-order valence-corrected chi connectivity index (χ1v) is 5.90. The second-order valence-corrected chi connectivity index (χ2v) is 4.48. The number of fused-ring (bicyclic) bond motifs is 1. The van der Waals surface area contributed by atoms with Gasteiger partial charge in [-0.2, -0.15) is 13.2 Å². The number of nitrogens with zero attached hydrogens (tertiary/aromatic N) is 1. The molecule has 1 aromatic carbocycles. The molecule has 1 aliphatic rings. The molecule has 0 aliphatic heterocycles. The van der Waals surface area contributed by atoms with Crippen molar-refractivity contribution in [2.24, 2.45) is 0 Å². The van der Waals surface area contributed by atoms with E-state index in [0.717, 1.165) is 0 Å². The molecule has 6 heteroatoms. The number of amides is 1. The molecule has 0 aromatic heterocycles. The topological polar surface area (TPSA) is 20.3 Å². The van der Waals surface area contributed by atoms with Crippen LogP contribution in [0, 0.1) is 12.3 Å². The van der Waals surface area contributed by atoms with Crippen molar-refractivity contribution in [2.75, 3.05) is 6.54 Å². The van der Waals surface area contributed by atoms with Crippen LogP contribution in [0.3, 0.4) is 0 Å². The summed E-state index contributed by atoms with van der Waals surface area (Å²) in [6.07, 6.45) is -1.60. The molecule has 2 rings (SSSR count). The van der Waals surface area contributed by atoms with Crippen molar-refractivity contribution in [3.8, 4) is 12.3 Å². The molecule has 2 nitrogen and oxygen atoms in total. The number of benzene rings is 1. The monoisotopic (exact) mass is 285 g/mol. The molecular weight excluding hydrogens is 274 g/mol. The predicted octanol–water partition coefficient (Wildman–Crippen LogP) is 3.17. The van der Waals surface area contributed by atoms with Gasteiger partial charge in [0.25, 0.3) is 0 Å². The fourth-order valence-corrected chi connectivity index (χ4v) is 2.43. The number of alkyl halides is 4. The number of carbonyl (C=O) groups excluding carboxylic acids is 1. The molecule has 0 heterocycles. The van der Waals surface area contributed by atoms with Crippen molar-refractivity contribution in [3.63, 3.8) is 0 Å². The van der Waals surface area contributed by atoms with Gasteiger partial charge in [-0.15, -0.1) is 6.42 Å². The minimum absolute atomic E-state index is 0.206. The summed E-state index contributed by atoms with van der Waals surface area (Å²) in [5.41, 5.74) is 0.697. The van der Waals surface area contributed by atoms with E-state index in [4.69, 9.17) is 6.42 Å². The Balaban J connectivity index is 2.38. The van der Waals surface area contributed by atoms with Crippen molar-refractivity contribution in [2.45, 2.75) is 24.8 Å². The van der Waals surface area contributed by atoms with Crippen molar-refractivity contribution in [1.29, 1.82) is 0 Å². The molecule has 1 amide bonds. The van der Waals surface area contributed by atoms with Crippen molar-refractivity contribution in [3.05, 3.63) is 35.4 Å². The summed E-state index contributed by atoms with van der Waals surface area (Å²) in [7, 11) is 0. The van der Waals surface area contributed by atoms with Gasteiger partial charge in [0.2, 0.25) is 0 Å². The van der Waals surface area contributed by atoms with Gasteiger partial charge < -0.3 is 4.90 Å². The predicted molar refractivity (Wildman–Crippen MR) is 64.3 cm³/mol. The SMILES string of the molecule is C#CCN(C(=O)C(F)(F)F)[C@@H]1C[C@@H](F)c2ccccc21. The maximum absolute atomic E-state index is 13.9. The number of terminal acetylenes is 1. The maximum atomic E-state index is 13.9. The molecule has 1 aliphatic carbocycles. The number of rotatable bonds is 2. The Morgan fingerprint density at radius 2 is 1.95 bits per heavy atom. The molecule has 106 valence electrons. The number of carbonyl (C=O) groups is 1. The summed E-state index contributed by atoms with van der Waals surface area (Å²) in [5.74, 6) is -0.0117. The largest absolute Gasteiger partial charge is 0.471 e. The van der Waals surface area contributed by atoms with E-state index in [1.54, 1.807) is 12.1 Å². The van der Waals surface area contributed by atoms with E-state index in [9.17, 15) is 22.4 Å². The van der Waals surface area contributed by atoms with Crippen LogP contribution < -0.4 is 0 Å². The molecule has 0 unspecified atom stereocenters. The first-order chi connectivity index (χ1) is 9.36. The Bertz CT molecular complexity index is 561. The molecule has 0 saturated carbocycles. The molecular formula is C14H11F4NO. The molecule has 0 N–H and O–H groups in total. The molecule has 0 spiro atoms. The van der Waals surface area contributed by atoms with E-state index in [-0.39, 0.29) is 6.42 Å². The van der Waals surface area contributed by atoms with Gasteiger partial charge in [-0.3, -0.25) is 4.79 Å². The van der Waals surface area contributed by atoms with Gasteiger partial charge in [0.05, 0.1) is 12.6 Å². The van der Waals surface area contributed by atoms with Crippen molar-refractivity contribution < 1.29 is 22.4 Å². The quantitative estimate of drug-likeness (QED) is 0.604. The van der Waals surface area contributed by atoms with Gasteiger partial charge in [0.15, 0.2) is 0 Å². The Morgan fingerprint density at radius 1 is 1.35 bits per heavy atom. The van der Waals surface area contributed by atoms with Gasteiger partial charge >= 0.3 is 12.1 Å². The van der Waals surface area contributed by atoms with E-state index in [2.05, 4.69) is 0 Å². The van der Waals surface area contributed by atoms with E-state index >= 15 is 0 Å². The van der Waals surface area contributed by atoms with Crippen LogP contribution in [0.2, 0.25) is 0 Å². The highest BCUT2D eigenvalue weighted by Gasteiger charge is 2.47. The smallest absolute Gasteiger partial charge is 0.317 e. The fourth-order valence-electron chi connectivity index (χ4n) is 2.43. The van der Waals surface area contributed by atoms with Crippen LogP contribution in [0.1, 0.15) is 29.8 Å². The fraction of sp³-hybridized carbons (Fsp3) is 0.357. The zero-order valence-electron chi connectivity index (χ0n) is 10.3. The minimum atomic E-state index is -5.03. The van der Waals surface area contributed by atoms with Gasteiger partial charge in [-0.05, 0) is 11.1 Å². The number of hydrogen-bond donors (Lipinski definition) is 0. The molecule has 1 aromatic rings. The highest BCUT2D eigenvalue weighted by molar-refractivity contribution is 5.82. The summed E-state index contributed by atoms with van der Waals surface area (Å²) >= 11 is 0. The lowest BCUT2D eigenvalue weighted by Gasteiger charge is -2.28. The van der Waals surface area contributed by atoms with E-state index in [0.29, 0.717) is 16.0 Å². The maximum Gasteiger partial charge on any atom is 0.471 e. The first-order valence-electron chi connectivity index (χ1n) is 5.90. The Hall–Kier alpha value is -2.03. The molecule has 2 atom stereocenters. The molecule has 0 saturated heterocycles. The third kappa shape index (κ3) is 2.48. The number of halogens is 4. The Morgan fingerprint density at radius 3 is 2.50 bits per heavy atom. The Kier molecular flexibility index (Phi) is 3.71. The zero-order valence-corrected chi connectivity index (χ0v) is 10.3. The van der Waals surface area contributed by atoms with Gasteiger partial charge in [-0.1, -0.05) is 30.2 Å². The van der Waals surface area contributed by atoms with Crippen molar-refractivity contribution in [1.82, 2.24) is 4.90 Å².